The Morgan fingerprint density at radius 2 is 1.80 bits per heavy atom. The number of nitrogens with two attached hydrogens (primary N) is 1. The van der Waals surface area contributed by atoms with E-state index in [2.05, 4.69) is 10.6 Å². The number of carbonyl (C=O) groups is 2. The van der Waals surface area contributed by atoms with Crippen LogP contribution in [0.1, 0.15) is 36.2 Å². The third kappa shape index (κ3) is 7.04. The average molecular weight is 415 g/mol. The van der Waals surface area contributed by atoms with Gasteiger partial charge in [-0.2, -0.15) is 0 Å². The van der Waals surface area contributed by atoms with E-state index in [-0.39, 0.29) is 49.0 Å². The van der Waals surface area contributed by atoms with Crippen LogP contribution < -0.4 is 26.5 Å². The quantitative estimate of drug-likeness (QED) is 0.477. The molecule has 2 amide bonds. The molecular formula is C22H30N4O4. The fourth-order valence-corrected chi connectivity index (χ4v) is 2.91. The van der Waals surface area contributed by atoms with Crippen LogP contribution in [0.4, 0.5) is 0 Å². The topological polar surface area (TPSA) is 115 Å². The first-order valence-electron chi connectivity index (χ1n) is 10.0. The Morgan fingerprint density at radius 3 is 2.50 bits per heavy atom. The third-order valence-electron chi connectivity index (χ3n) is 4.71. The maximum atomic E-state index is 12.5. The molecule has 0 unspecified atom stereocenters. The zero-order valence-electron chi connectivity index (χ0n) is 17.6. The second-order valence-electron chi connectivity index (χ2n) is 7.03. The number of aryl methyl sites for hydroxylation is 1. The molecule has 0 saturated carbocycles. The highest BCUT2D eigenvalue weighted by Gasteiger charge is 2.15. The maximum Gasteiger partial charge on any atom is 0.224 e. The molecule has 30 heavy (non-hydrogen) atoms. The minimum absolute atomic E-state index is 0.118. The zero-order valence-corrected chi connectivity index (χ0v) is 17.6. The van der Waals surface area contributed by atoms with Gasteiger partial charge in [-0.25, -0.2) is 0 Å². The third-order valence-corrected chi connectivity index (χ3v) is 4.71. The van der Waals surface area contributed by atoms with Gasteiger partial charge in [0.2, 0.25) is 17.2 Å². The van der Waals surface area contributed by atoms with Gasteiger partial charge in [-0.15, -0.1) is 0 Å². The molecule has 8 nitrogen and oxygen atoms in total. The van der Waals surface area contributed by atoms with Crippen LogP contribution in [0.5, 0.6) is 5.75 Å². The van der Waals surface area contributed by atoms with Gasteiger partial charge in [-0.3, -0.25) is 14.4 Å². The molecule has 0 aliphatic heterocycles. The molecular weight excluding hydrogens is 384 g/mol. The number of carbonyl (C=O) groups excluding carboxylic acids is 2. The lowest BCUT2D eigenvalue weighted by atomic mass is 10.2. The Kier molecular flexibility index (Phi) is 9.08. The highest BCUT2D eigenvalue weighted by atomic mass is 16.5. The Bertz CT molecular complexity index is 909. The second kappa shape index (κ2) is 11.8. The molecule has 0 fully saturated rings. The van der Waals surface area contributed by atoms with Crippen LogP contribution in [0.25, 0.3) is 0 Å². The van der Waals surface area contributed by atoms with Gasteiger partial charge in [0.25, 0.3) is 0 Å². The van der Waals surface area contributed by atoms with Crippen LogP contribution in [0.3, 0.4) is 0 Å². The van der Waals surface area contributed by atoms with Crippen molar-refractivity contribution in [3.05, 3.63) is 63.6 Å². The van der Waals surface area contributed by atoms with Gasteiger partial charge < -0.3 is 25.7 Å². The summed E-state index contributed by atoms with van der Waals surface area (Å²) in [5.74, 6) is -0.0415. The molecule has 0 aliphatic carbocycles. The summed E-state index contributed by atoms with van der Waals surface area (Å²) in [7, 11) is 1.83. The first-order valence-corrected chi connectivity index (χ1v) is 10.0. The van der Waals surface area contributed by atoms with Crippen molar-refractivity contribution in [1.82, 2.24) is 15.2 Å². The molecule has 0 atom stereocenters. The van der Waals surface area contributed by atoms with Crippen LogP contribution in [-0.4, -0.2) is 29.5 Å². The van der Waals surface area contributed by atoms with Gasteiger partial charge in [-0.05, 0) is 18.9 Å². The van der Waals surface area contributed by atoms with Gasteiger partial charge in [0.05, 0.1) is 12.2 Å². The number of aromatic nitrogens is 1. The molecule has 1 aromatic carbocycles. The van der Waals surface area contributed by atoms with Crippen molar-refractivity contribution >= 4 is 11.8 Å². The summed E-state index contributed by atoms with van der Waals surface area (Å²) >= 11 is 0. The summed E-state index contributed by atoms with van der Waals surface area (Å²) in [5, 5.41) is 5.55. The van der Waals surface area contributed by atoms with E-state index < -0.39 is 0 Å². The molecule has 1 heterocycles. The number of hydrogen-bond acceptors (Lipinski definition) is 5. The van der Waals surface area contributed by atoms with E-state index in [1.54, 1.807) is 0 Å². The lowest BCUT2D eigenvalue weighted by Gasteiger charge is -2.17. The molecule has 4 N–H and O–H groups in total. The van der Waals surface area contributed by atoms with Crippen LogP contribution in [0.15, 0.2) is 41.2 Å². The summed E-state index contributed by atoms with van der Waals surface area (Å²) in [6, 6.07) is 11.1. The van der Waals surface area contributed by atoms with E-state index >= 15 is 0 Å². The Morgan fingerprint density at radius 1 is 1.10 bits per heavy atom. The molecule has 0 spiro atoms. The van der Waals surface area contributed by atoms with Crippen molar-refractivity contribution in [3.63, 3.8) is 0 Å². The van der Waals surface area contributed by atoms with Crippen molar-refractivity contribution in [3.8, 4) is 5.75 Å². The van der Waals surface area contributed by atoms with Crippen LogP contribution in [0, 0.1) is 6.92 Å². The maximum absolute atomic E-state index is 12.5. The van der Waals surface area contributed by atoms with Gasteiger partial charge >= 0.3 is 0 Å². The van der Waals surface area contributed by atoms with Gasteiger partial charge in [-0.1, -0.05) is 30.3 Å². The van der Waals surface area contributed by atoms with Crippen molar-refractivity contribution < 1.29 is 14.3 Å². The summed E-state index contributed by atoms with van der Waals surface area (Å²) in [6.45, 7) is 2.99. The highest BCUT2D eigenvalue weighted by molar-refractivity contribution is 5.77. The van der Waals surface area contributed by atoms with Gasteiger partial charge in [0.15, 0.2) is 5.75 Å². The number of hydrogen-bond donors (Lipinski definition) is 3. The molecule has 8 heteroatoms. The molecule has 2 rings (SSSR count). The number of ether oxygens (including phenoxy) is 1. The molecule has 1 aromatic heterocycles. The minimum Gasteiger partial charge on any atom is -0.483 e. The lowest BCUT2D eigenvalue weighted by molar-refractivity contribution is -0.123. The number of pyridine rings is 1. The molecule has 0 bridgehead atoms. The lowest BCUT2D eigenvalue weighted by Crippen LogP contribution is -2.29. The zero-order chi connectivity index (χ0) is 21.9. The average Bonchev–Trinajstić information content (AvgIpc) is 2.73. The highest BCUT2D eigenvalue weighted by Crippen LogP contribution is 2.16. The molecule has 162 valence electrons. The number of amides is 2. The van der Waals surface area contributed by atoms with Crippen LogP contribution in [0.2, 0.25) is 0 Å². The predicted octanol–water partition coefficient (Wildman–Crippen LogP) is 1.13. The van der Waals surface area contributed by atoms with E-state index in [9.17, 15) is 14.4 Å². The largest absolute Gasteiger partial charge is 0.483 e. The van der Waals surface area contributed by atoms with E-state index in [4.69, 9.17) is 10.5 Å². The first kappa shape index (κ1) is 23.2. The van der Waals surface area contributed by atoms with Crippen molar-refractivity contribution in [2.75, 3.05) is 13.1 Å². The SMILES string of the molecule is Cc1cc(=O)c(OCc2ccccc2)c(CNC(=O)CCCNC(=O)CCN)n1C. The van der Waals surface area contributed by atoms with E-state index in [1.165, 1.54) is 6.07 Å². The summed E-state index contributed by atoms with van der Waals surface area (Å²) in [4.78, 5) is 36.1. The fourth-order valence-electron chi connectivity index (χ4n) is 2.91. The summed E-state index contributed by atoms with van der Waals surface area (Å²) in [5.41, 5.74) is 7.44. The molecule has 2 aromatic rings. The van der Waals surface area contributed by atoms with Gasteiger partial charge in [0.1, 0.15) is 6.61 Å². The van der Waals surface area contributed by atoms with Crippen molar-refractivity contribution in [2.45, 2.75) is 39.3 Å². The van der Waals surface area contributed by atoms with E-state index in [0.717, 1.165) is 11.3 Å². The predicted molar refractivity (Wildman–Crippen MR) is 115 cm³/mol. The first-order chi connectivity index (χ1) is 14.4. The molecule has 0 saturated heterocycles. The van der Waals surface area contributed by atoms with E-state index in [0.29, 0.717) is 25.2 Å². The Labute approximate surface area is 176 Å². The van der Waals surface area contributed by atoms with Crippen LogP contribution in [-0.2, 0) is 29.8 Å². The summed E-state index contributed by atoms with van der Waals surface area (Å²) < 4.78 is 7.67. The number of nitrogens with zero attached hydrogens (tertiary/aromatic N) is 1. The van der Waals surface area contributed by atoms with Crippen LogP contribution >= 0.6 is 0 Å². The molecule has 0 radical (unpaired) electrons. The van der Waals surface area contributed by atoms with Gasteiger partial charge in [0, 0.05) is 44.7 Å². The van der Waals surface area contributed by atoms with E-state index in [1.807, 2.05) is 48.9 Å². The number of rotatable bonds is 11. The fraction of sp³-hybridized carbons (Fsp3) is 0.409. The van der Waals surface area contributed by atoms with Crippen molar-refractivity contribution in [2.24, 2.45) is 12.8 Å². The van der Waals surface area contributed by atoms with Crippen molar-refractivity contribution in [1.29, 1.82) is 0 Å². The second-order valence-corrected chi connectivity index (χ2v) is 7.03. The molecule has 0 aliphatic rings. The Balaban J connectivity index is 1.96. The standard InChI is InChI=1S/C22H30N4O4/c1-16-13-19(27)22(30-15-17-7-4-3-5-8-17)18(26(16)2)14-25-20(28)9-6-12-24-21(29)10-11-23/h3-5,7-8,13H,6,9-12,14-15,23H2,1-2H3,(H,24,29)(H,25,28). The number of nitrogens with one attached hydrogen (secondary N) is 2. The normalized spacial score (nSPS) is 10.5. The smallest absolute Gasteiger partial charge is 0.224 e. The number of benzene rings is 1. The summed E-state index contributed by atoms with van der Waals surface area (Å²) in [6.07, 6.45) is 1.06. The monoisotopic (exact) mass is 414 g/mol. The minimum atomic E-state index is -0.214. The Hall–Kier alpha value is -3.13.